The molecule has 138 valence electrons. The normalized spacial score (nSPS) is 15.3. The summed E-state index contributed by atoms with van der Waals surface area (Å²) in [5.74, 6) is 0.789. The van der Waals surface area contributed by atoms with E-state index >= 15 is 0 Å². The van der Waals surface area contributed by atoms with Crippen molar-refractivity contribution in [2.24, 2.45) is 0 Å². The predicted octanol–water partition coefficient (Wildman–Crippen LogP) is 3.72. The molecule has 0 bridgehead atoms. The van der Waals surface area contributed by atoms with Gasteiger partial charge in [-0.15, -0.1) is 0 Å². The van der Waals surface area contributed by atoms with Crippen LogP contribution >= 0.6 is 0 Å². The minimum atomic E-state index is -0.0150. The molecule has 1 aliphatic rings. The molecule has 0 fully saturated rings. The number of nitrogens with zero attached hydrogens (tertiary/aromatic N) is 3. The summed E-state index contributed by atoms with van der Waals surface area (Å²) < 4.78 is 1.85. The minimum Gasteiger partial charge on any atom is -0.293 e. The third-order valence-electron chi connectivity index (χ3n) is 5.44. The summed E-state index contributed by atoms with van der Waals surface area (Å²) in [7, 11) is 0. The summed E-state index contributed by atoms with van der Waals surface area (Å²) in [5.41, 5.74) is 4.37. The Kier molecular flexibility index (Phi) is 4.90. The predicted molar refractivity (Wildman–Crippen MR) is 108 cm³/mol. The zero-order chi connectivity index (χ0) is 18.8. The smallest absolute Gasteiger partial charge is 0.257 e. The molecule has 4 rings (SSSR count). The van der Waals surface area contributed by atoms with Gasteiger partial charge in [-0.1, -0.05) is 60.7 Å². The monoisotopic (exact) mass is 359 g/mol. The molecular weight excluding hydrogens is 334 g/mol. The van der Waals surface area contributed by atoms with Crippen LogP contribution < -0.4 is 5.56 Å². The van der Waals surface area contributed by atoms with Crippen molar-refractivity contribution >= 4 is 0 Å². The van der Waals surface area contributed by atoms with Gasteiger partial charge in [0.25, 0.3) is 5.56 Å². The molecule has 0 saturated heterocycles. The van der Waals surface area contributed by atoms with Crippen LogP contribution in [-0.2, 0) is 19.5 Å². The highest BCUT2D eigenvalue weighted by Crippen LogP contribution is 2.21. The highest BCUT2D eigenvalue weighted by atomic mass is 16.1. The molecule has 1 atom stereocenters. The summed E-state index contributed by atoms with van der Waals surface area (Å²) in [5, 5.41) is 0. The maximum absolute atomic E-state index is 13.2. The van der Waals surface area contributed by atoms with Gasteiger partial charge >= 0.3 is 0 Å². The highest BCUT2D eigenvalue weighted by Gasteiger charge is 2.24. The van der Waals surface area contributed by atoms with E-state index in [4.69, 9.17) is 4.98 Å². The molecular formula is C23H25N3O. The molecule has 0 spiro atoms. The first-order chi connectivity index (χ1) is 13.1. The van der Waals surface area contributed by atoms with Crippen LogP contribution in [0.3, 0.4) is 0 Å². The molecule has 1 aliphatic heterocycles. The quantitative estimate of drug-likeness (QED) is 0.713. The van der Waals surface area contributed by atoms with Gasteiger partial charge in [0, 0.05) is 25.2 Å². The molecule has 0 aliphatic carbocycles. The molecule has 2 heterocycles. The summed E-state index contributed by atoms with van der Waals surface area (Å²) in [6.07, 6.45) is 0.760. The van der Waals surface area contributed by atoms with Crippen LogP contribution in [0.25, 0.3) is 0 Å². The summed E-state index contributed by atoms with van der Waals surface area (Å²) in [4.78, 5) is 20.4. The summed E-state index contributed by atoms with van der Waals surface area (Å²) in [6, 6.07) is 20.6. The van der Waals surface area contributed by atoms with Crippen molar-refractivity contribution in [3.05, 3.63) is 99.2 Å². The Balaban J connectivity index is 1.62. The molecule has 1 aromatic heterocycles. The van der Waals surface area contributed by atoms with E-state index in [0.717, 1.165) is 48.7 Å². The number of benzene rings is 2. The number of aryl methyl sites for hydroxylation is 1. The summed E-state index contributed by atoms with van der Waals surface area (Å²) in [6.45, 7) is 6.53. The second-order valence-corrected chi connectivity index (χ2v) is 7.29. The van der Waals surface area contributed by atoms with Crippen LogP contribution in [0.5, 0.6) is 0 Å². The van der Waals surface area contributed by atoms with Gasteiger partial charge < -0.3 is 0 Å². The van der Waals surface area contributed by atoms with E-state index in [-0.39, 0.29) is 11.6 Å². The van der Waals surface area contributed by atoms with Crippen LogP contribution in [0.4, 0.5) is 0 Å². The van der Waals surface area contributed by atoms with Gasteiger partial charge in [-0.3, -0.25) is 14.3 Å². The van der Waals surface area contributed by atoms with E-state index in [2.05, 4.69) is 48.2 Å². The Morgan fingerprint density at radius 1 is 1.04 bits per heavy atom. The van der Waals surface area contributed by atoms with Crippen LogP contribution in [0.2, 0.25) is 0 Å². The Bertz CT molecular complexity index is 980. The average molecular weight is 359 g/mol. The van der Waals surface area contributed by atoms with E-state index in [9.17, 15) is 4.79 Å². The topological polar surface area (TPSA) is 38.1 Å². The number of hydrogen-bond donors (Lipinski definition) is 0. The third-order valence-corrected chi connectivity index (χ3v) is 5.44. The van der Waals surface area contributed by atoms with Crippen LogP contribution in [0.1, 0.15) is 41.2 Å². The van der Waals surface area contributed by atoms with Gasteiger partial charge in [0.1, 0.15) is 5.82 Å². The van der Waals surface area contributed by atoms with Gasteiger partial charge in [-0.05, 0) is 31.4 Å². The molecule has 3 aromatic rings. The lowest BCUT2D eigenvalue weighted by atomic mass is 10.0. The average Bonchev–Trinajstić information content (AvgIpc) is 2.69. The highest BCUT2D eigenvalue weighted by molar-refractivity contribution is 5.26. The van der Waals surface area contributed by atoms with Crippen molar-refractivity contribution in [1.29, 1.82) is 0 Å². The molecule has 0 amide bonds. The van der Waals surface area contributed by atoms with Crippen molar-refractivity contribution in [1.82, 2.24) is 14.5 Å². The molecule has 1 unspecified atom stereocenters. The fourth-order valence-corrected chi connectivity index (χ4v) is 3.99. The second kappa shape index (κ2) is 7.49. The standard InChI is InChI=1S/C23H25N3O/c1-17(20-11-7-4-8-12-20)26-18(2)24-22-16-25(14-13-21(22)23(26)27)15-19-9-5-3-6-10-19/h3-12,17H,13-16H2,1-2H3. The molecule has 0 N–H and O–H groups in total. The van der Waals surface area contributed by atoms with E-state index in [0.29, 0.717) is 0 Å². The molecule has 2 aromatic carbocycles. The van der Waals surface area contributed by atoms with Crippen LogP contribution in [-0.4, -0.2) is 21.0 Å². The second-order valence-electron chi connectivity index (χ2n) is 7.29. The first-order valence-electron chi connectivity index (χ1n) is 9.55. The summed E-state index contributed by atoms with van der Waals surface area (Å²) >= 11 is 0. The number of fused-ring (bicyclic) bond motifs is 1. The molecule has 0 radical (unpaired) electrons. The van der Waals surface area contributed by atoms with Crippen molar-refractivity contribution in [3.63, 3.8) is 0 Å². The minimum absolute atomic E-state index is 0.0150. The Morgan fingerprint density at radius 3 is 2.41 bits per heavy atom. The van der Waals surface area contributed by atoms with Crippen molar-refractivity contribution in [3.8, 4) is 0 Å². The number of aromatic nitrogens is 2. The Hall–Kier alpha value is -2.72. The molecule has 0 saturated carbocycles. The number of rotatable bonds is 4. The first-order valence-corrected chi connectivity index (χ1v) is 9.55. The maximum Gasteiger partial charge on any atom is 0.257 e. The van der Waals surface area contributed by atoms with Gasteiger partial charge in [0.05, 0.1) is 11.7 Å². The lowest BCUT2D eigenvalue weighted by molar-refractivity contribution is 0.239. The van der Waals surface area contributed by atoms with Crippen LogP contribution in [0.15, 0.2) is 65.5 Å². The SMILES string of the molecule is Cc1nc2c(c(=O)n1C(C)c1ccccc1)CCN(Cc1ccccc1)C2. The van der Waals surface area contributed by atoms with E-state index < -0.39 is 0 Å². The fourth-order valence-electron chi connectivity index (χ4n) is 3.99. The van der Waals surface area contributed by atoms with Gasteiger partial charge in [-0.25, -0.2) is 4.98 Å². The Morgan fingerprint density at radius 2 is 1.70 bits per heavy atom. The number of hydrogen-bond acceptors (Lipinski definition) is 3. The van der Waals surface area contributed by atoms with Gasteiger partial charge in [0.2, 0.25) is 0 Å². The van der Waals surface area contributed by atoms with Crippen LogP contribution in [0, 0.1) is 6.92 Å². The van der Waals surface area contributed by atoms with Crippen molar-refractivity contribution in [2.75, 3.05) is 6.54 Å². The van der Waals surface area contributed by atoms with Crippen molar-refractivity contribution < 1.29 is 0 Å². The van der Waals surface area contributed by atoms with Gasteiger partial charge in [0.15, 0.2) is 0 Å². The van der Waals surface area contributed by atoms with E-state index in [1.54, 1.807) is 0 Å². The largest absolute Gasteiger partial charge is 0.293 e. The molecule has 27 heavy (non-hydrogen) atoms. The zero-order valence-electron chi connectivity index (χ0n) is 15.9. The van der Waals surface area contributed by atoms with Crippen molar-refractivity contribution in [2.45, 2.75) is 39.4 Å². The lowest BCUT2D eigenvalue weighted by Gasteiger charge is -2.29. The lowest BCUT2D eigenvalue weighted by Crippen LogP contribution is -2.39. The van der Waals surface area contributed by atoms with Gasteiger partial charge in [-0.2, -0.15) is 0 Å². The van der Waals surface area contributed by atoms with E-state index in [1.807, 2.05) is 35.8 Å². The third kappa shape index (κ3) is 3.58. The maximum atomic E-state index is 13.2. The Labute approximate surface area is 160 Å². The zero-order valence-corrected chi connectivity index (χ0v) is 15.9. The fraction of sp³-hybridized carbons (Fsp3) is 0.304. The first kappa shape index (κ1) is 17.7. The van der Waals surface area contributed by atoms with E-state index in [1.165, 1.54) is 5.56 Å². The molecule has 4 heteroatoms. The molecule has 4 nitrogen and oxygen atoms in total.